The zero-order valence-corrected chi connectivity index (χ0v) is 83.7. The first kappa shape index (κ1) is 126. The van der Waals surface area contributed by atoms with Gasteiger partial charge in [-0.1, -0.05) is 19.3 Å². The van der Waals surface area contributed by atoms with Gasteiger partial charge in [0.15, 0.2) is 25.2 Å². The van der Waals surface area contributed by atoms with Gasteiger partial charge < -0.3 is 187 Å². The van der Waals surface area contributed by atoms with Crippen LogP contribution in [-0.2, 0) is 114 Å². The van der Waals surface area contributed by atoms with Gasteiger partial charge in [0.05, 0.1) is 44.7 Å². The number of rotatable bonds is 71. The van der Waals surface area contributed by atoms with Gasteiger partial charge in [-0.15, -0.1) is 11.8 Å². The molecule has 0 saturated carbocycles. The lowest BCUT2D eigenvalue weighted by atomic mass is 9.97. The third-order valence-corrected chi connectivity index (χ3v) is 25.7. The van der Waals surface area contributed by atoms with E-state index < -0.39 is 252 Å². The molecule has 0 aliphatic carbocycles. The van der Waals surface area contributed by atoms with Crippen LogP contribution in [0.5, 0.6) is 0 Å². The maximum atomic E-state index is 14.9. The van der Waals surface area contributed by atoms with Crippen molar-refractivity contribution in [2.24, 2.45) is 0 Å². The molecule has 52 nitrogen and oxygen atoms in total. The standard InChI is InChI=1S/C90H152N13O39PS/c1-51(108)96-71-79(123)75(119)60(47-104)139-87(71)134-37-20-12-28-65(112)91-32-17-10-25-58(102-68(115)30-14-22-39-136-89-73(98-53(3)110)81(125)77(121)62(49-106)141-89)84(128)100-56-43-55(83(127)95-36-35-93-67(114)27-9-8-16-34-94-86(130)64(46-70(117)118)144-42-24-7-6-19-41-138-143(131,132)133-5)44-57(45-56)101-85(129)59(103-69(116)31-15-23-40-137-90-74(99-54(4)111)82(126)78(122)63(50-107)142-90)26-11-18-33-92-66(113)29-13-21-38-135-88-72(97-52(2)109)80(124)76(120)61(48-105)140-88/h43-45,58-64,71-82,87-90,104-107,119-126H,6-42,46-50H2,1-5H3,(H,91,112)(H,92,113)(H,93,114)(H,94,130)(H,95,127)(H,96,108)(H,97,109)(H,98,110)(H,99,111)(H,100,128)(H,101,129)(H,102,115)(H,103,116)(H,117,118)(H,131,132)/p-1/t58-,59-,60?,61?,62?,63?,64?,71?,72?,73?,74?,75?,76?,77?,78?,79?,80?,81?,82?,87?,88?,89?,90?/m0/s1. The maximum Gasteiger partial charge on any atom is 0.305 e. The second kappa shape index (κ2) is 68.9. The molecule has 54 heteroatoms. The van der Waals surface area contributed by atoms with E-state index in [2.05, 4.69) is 73.6 Å². The lowest BCUT2D eigenvalue weighted by Gasteiger charge is -2.42. The second-order valence-electron chi connectivity index (χ2n) is 35.3. The molecule has 22 unspecified atom stereocenters. The van der Waals surface area contributed by atoms with E-state index in [0.29, 0.717) is 50.7 Å². The molecule has 1 aromatic carbocycles. The van der Waals surface area contributed by atoms with Gasteiger partial charge in [0.1, 0.15) is 109 Å². The van der Waals surface area contributed by atoms with E-state index in [-0.39, 0.29) is 217 Å². The number of carboxylic acid groups (broad SMARTS) is 1. The number of thioether (sulfide) groups is 1. The average Bonchev–Trinajstić information content (AvgIpc) is 0.817. The van der Waals surface area contributed by atoms with Crippen LogP contribution >= 0.6 is 19.6 Å². The highest BCUT2D eigenvalue weighted by atomic mass is 32.2. The highest BCUT2D eigenvalue weighted by Gasteiger charge is 2.50. The van der Waals surface area contributed by atoms with Crippen LogP contribution < -0.4 is 74.0 Å². The number of anilines is 2. The van der Waals surface area contributed by atoms with Crippen molar-refractivity contribution in [1.29, 1.82) is 0 Å². The topological polar surface area (TPSA) is 791 Å². The molecule has 13 amide bonds. The summed E-state index contributed by atoms with van der Waals surface area (Å²) in [6.07, 6.45) is -17.6. The number of phosphoric ester groups is 1. The van der Waals surface area contributed by atoms with Gasteiger partial charge in [0, 0.05) is 143 Å². The minimum Gasteiger partial charge on any atom is -0.756 e. The summed E-state index contributed by atoms with van der Waals surface area (Å²) in [6.45, 7) is 1.64. The predicted molar refractivity (Wildman–Crippen MR) is 506 cm³/mol. The number of hydrogen-bond acceptors (Lipinski definition) is 39. The van der Waals surface area contributed by atoms with Crippen LogP contribution in [0.1, 0.15) is 211 Å². The largest absolute Gasteiger partial charge is 0.756 e. The Morgan fingerprint density at radius 3 is 1.04 bits per heavy atom. The first-order valence-electron chi connectivity index (χ1n) is 48.8. The van der Waals surface area contributed by atoms with Crippen molar-refractivity contribution in [3.8, 4) is 0 Å². The van der Waals surface area contributed by atoms with Gasteiger partial charge in [-0.05, 0) is 140 Å². The first-order chi connectivity index (χ1) is 68.6. The fraction of sp³-hybridized carbons (Fsp3) is 0.778. The summed E-state index contributed by atoms with van der Waals surface area (Å²) in [7, 11) is -3.35. The third-order valence-electron chi connectivity index (χ3n) is 23.4. The number of carbonyl (C=O) groups is 14. The van der Waals surface area contributed by atoms with Crippen LogP contribution in [0.25, 0.3) is 0 Å². The molecule has 0 bridgehead atoms. The fourth-order valence-corrected chi connectivity index (χ4v) is 17.3. The van der Waals surface area contributed by atoms with E-state index in [0.717, 1.165) is 21.0 Å². The quantitative estimate of drug-likeness (QED) is 0.0214. The van der Waals surface area contributed by atoms with Crippen molar-refractivity contribution in [2.45, 2.75) is 341 Å². The van der Waals surface area contributed by atoms with Crippen molar-refractivity contribution in [3.63, 3.8) is 0 Å². The fourth-order valence-electron chi connectivity index (χ4n) is 15.7. The Labute approximate surface area is 838 Å². The summed E-state index contributed by atoms with van der Waals surface area (Å²) in [6, 6.07) is -3.85. The molecular weight excluding hydrogens is 1950 g/mol. The molecule has 4 aliphatic heterocycles. The Morgan fingerprint density at radius 1 is 0.382 bits per heavy atom. The SMILES string of the molecule is COP(=O)([O-])OCCCCCCSC(CC(=O)O)C(=O)NCCCCCC(=O)NCCNC(=O)c1cc(NC(=O)[C@H](CCCCNC(=O)CCCCOC2OC(CO)C(O)C(O)C2NC(C)=O)NC(=O)CCCCOC2OC(CO)C(O)C(O)C2NC(C)=O)cc(NC(=O)[C@H](CCCCNC(=O)CCCCOC2OC(CO)C(O)C(O)C2NC(C)=O)NC(=O)CCCCOC2OC(CO)C(O)C(O)C2NC(C)=O)c1. The number of carboxylic acids is 1. The lowest BCUT2D eigenvalue weighted by Crippen LogP contribution is -2.64. The van der Waals surface area contributed by atoms with E-state index in [1.165, 1.54) is 43.8 Å². The molecule has 0 radical (unpaired) electrons. The number of aliphatic hydroxyl groups excluding tert-OH is 12. The van der Waals surface area contributed by atoms with E-state index in [9.17, 15) is 143 Å². The number of hydrogen-bond donors (Lipinski definition) is 26. The van der Waals surface area contributed by atoms with E-state index >= 15 is 0 Å². The molecule has 144 heavy (non-hydrogen) atoms. The molecule has 4 saturated heterocycles. The van der Waals surface area contributed by atoms with Crippen LogP contribution in [0.15, 0.2) is 18.2 Å². The number of aliphatic carboxylic acids is 1. The third kappa shape index (κ3) is 47.3. The van der Waals surface area contributed by atoms with Crippen LogP contribution in [0, 0.1) is 0 Å². The molecule has 4 fully saturated rings. The minimum absolute atomic E-state index is 0.00872. The molecule has 1 aromatic rings. The van der Waals surface area contributed by atoms with Crippen molar-refractivity contribution < 1.29 is 190 Å². The van der Waals surface area contributed by atoms with Gasteiger partial charge in [0.25, 0.3) is 13.7 Å². The molecule has 26 N–H and O–H groups in total. The Kier molecular flexibility index (Phi) is 60.2. The number of nitrogens with one attached hydrogen (secondary N) is 13. The number of aliphatic hydroxyl groups is 12. The molecule has 822 valence electrons. The maximum absolute atomic E-state index is 14.9. The van der Waals surface area contributed by atoms with Crippen molar-refractivity contribution >= 4 is 114 Å². The van der Waals surface area contributed by atoms with Crippen LogP contribution in [0.3, 0.4) is 0 Å². The summed E-state index contributed by atoms with van der Waals surface area (Å²) in [4.78, 5) is 196. The highest BCUT2D eigenvalue weighted by Crippen LogP contribution is 2.37. The average molecular weight is 2100 g/mol. The first-order valence-corrected chi connectivity index (χ1v) is 51.3. The zero-order valence-electron chi connectivity index (χ0n) is 82.0. The molecule has 0 aromatic heterocycles. The molecule has 4 heterocycles. The van der Waals surface area contributed by atoms with E-state index in [4.69, 9.17) is 42.4 Å². The molecule has 5 rings (SSSR count). The lowest BCUT2D eigenvalue weighted by molar-refractivity contribution is -0.270. The van der Waals surface area contributed by atoms with Gasteiger partial charge >= 0.3 is 5.97 Å². The Hall–Kier alpha value is -8.54. The minimum atomic E-state index is -4.34. The number of carbonyl (C=O) groups excluding carboxylic acids is 13. The summed E-state index contributed by atoms with van der Waals surface area (Å²) in [5.74, 6) is -8.43. The monoisotopic (exact) mass is 2100 g/mol. The van der Waals surface area contributed by atoms with Crippen LogP contribution in [0.4, 0.5) is 11.4 Å². The van der Waals surface area contributed by atoms with E-state index in [1.807, 2.05) is 0 Å². The summed E-state index contributed by atoms with van der Waals surface area (Å²) >= 11 is 1.18. The number of unbranched alkanes of at least 4 members (excludes halogenated alkanes) is 11. The number of phosphoric acid groups is 1. The van der Waals surface area contributed by atoms with Gasteiger partial charge in [-0.2, -0.15) is 0 Å². The Bertz CT molecular complexity index is 3980. The van der Waals surface area contributed by atoms with Crippen LogP contribution in [0.2, 0.25) is 0 Å². The second-order valence-corrected chi connectivity index (χ2v) is 38.1. The molecule has 24 atom stereocenters. The van der Waals surface area contributed by atoms with Gasteiger partial charge in [0.2, 0.25) is 70.9 Å². The molecule has 4 aliphatic rings. The molecular formula is C90H151N13O39PS-. The van der Waals surface area contributed by atoms with E-state index in [1.54, 1.807) is 0 Å². The van der Waals surface area contributed by atoms with Crippen molar-refractivity contribution in [3.05, 3.63) is 23.8 Å². The number of ether oxygens (including phenoxy) is 8. The smallest absolute Gasteiger partial charge is 0.305 e. The van der Waals surface area contributed by atoms with Crippen molar-refractivity contribution in [1.82, 2.24) is 58.5 Å². The highest BCUT2D eigenvalue weighted by molar-refractivity contribution is 8.00. The number of benzene rings is 1. The van der Waals surface area contributed by atoms with Crippen molar-refractivity contribution in [2.75, 3.05) is 116 Å². The van der Waals surface area contributed by atoms with Crippen LogP contribution in [-0.4, -0.2) is 394 Å². The Balaban J connectivity index is 1.35. The molecule has 0 spiro atoms. The zero-order chi connectivity index (χ0) is 106. The summed E-state index contributed by atoms with van der Waals surface area (Å²) < 4.78 is 66.1. The summed E-state index contributed by atoms with van der Waals surface area (Å²) in [5, 5.41) is 167. The van der Waals surface area contributed by atoms with Gasteiger partial charge in [-0.3, -0.25) is 71.7 Å². The number of amides is 13. The normalized spacial score (nSPS) is 25.2. The predicted octanol–water partition coefficient (Wildman–Crippen LogP) is -5.58. The summed E-state index contributed by atoms with van der Waals surface area (Å²) in [5.41, 5.74) is -0.469. The Morgan fingerprint density at radius 2 is 0.694 bits per heavy atom. The van der Waals surface area contributed by atoms with Gasteiger partial charge in [-0.25, -0.2) is 0 Å².